The van der Waals surface area contributed by atoms with Crippen molar-refractivity contribution in [2.24, 2.45) is 0 Å². The molecule has 2 aromatic carbocycles. The standard InChI is InChI=1S/C23H28N4O3/c1-23(2,3)30-22(28)24-19(14-17-8-6-5-7-9-17)15-27-16-21(25-26-27)18-10-12-20(29-4)13-11-18/h5-13,16,19H,14-15H2,1-4H3,(H,24,28)/t19-/m0/s1. The van der Waals surface area contributed by atoms with Gasteiger partial charge in [0.1, 0.15) is 17.0 Å². The fourth-order valence-corrected chi connectivity index (χ4v) is 3.04. The van der Waals surface area contributed by atoms with Crippen LogP contribution >= 0.6 is 0 Å². The maximum atomic E-state index is 12.3. The molecule has 0 saturated carbocycles. The van der Waals surface area contributed by atoms with Crippen LogP contribution in [0.5, 0.6) is 5.75 Å². The summed E-state index contributed by atoms with van der Waals surface area (Å²) in [6, 6.07) is 17.5. The Labute approximate surface area is 177 Å². The third-order valence-electron chi connectivity index (χ3n) is 4.38. The lowest BCUT2D eigenvalue weighted by Gasteiger charge is -2.23. The first kappa shape index (κ1) is 21.4. The van der Waals surface area contributed by atoms with Gasteiger partial charge in [0.05, 0.1) is 25.9 Å². The van der Waals surface area contributed by atoms with Gasteiger partial charge < -0.3 is 14.8 Å². The zero-order valence-corrected chi connectivity index (χ0v) is 17.8. The monoisotopic (exact) mass is 408 g/mol. The summed E-state index contributed by atoms with van der Waals surface area (Å²) < 4.78 is 12.4. The van der Waals surface area contributed by atoms with Crippen molar-refractivity contribution in [3.8, 4) is 17.0 Å². The summed E-state index contributed by atoms with van der Waals surface area (Å²) in [5.74, 6) is 0.788. The number of nitrogens with zero attached hydrogens (tertiary/aromatic N) is 3. The first-order chi connectivity index (χ1) is 14.3. The lowest BCUT2D eigenvalue weighted by molar-refractivity contribution is 0.0498. The van der Waals surface area contributed by atoms with E-state index in [4.69, 9.17) is 9.47 Å². The summed E-state index contributed by atoms with van der Waals surface area (Å²) >= 11 is 0. The van der Waals surface area contributed by atoms with E-state index in [1.54, 1.807) is 11.8 Å². The Kier molecular flexibility index (Phi) is 6.72. The van der Waals surface area contributed by atoms with Gasteiger partial charge in [0.15, 0.2) is 0 Å². The Morgan fingerprint density at radius 3 is 2.43 bits per heavy atom. The van der Waals surface area contributed by atoms with E-state index >= 15 is 0 Å². The van der Waals surface area contributed by atoms with Crippen LogP contribution in [0.2, 0.25) is 0 Å². The Morgan fingerprint density at radius 2 is 1.80 bits per heavy atom. The van der Waals surface area contributed by atoms with Crippen LogP contribution in [0.4, 0.5) is 4.79 Å². The maximum Gasteiger partial charge on any atom is 0.407 e. The summed E-state index contributed by atoms with van der Waals surface area (Å²) in [4.78, 5) is 12.3. The van der Waals surface area contributed by atoms with Crippen LogP contribution in [0.15, 0.2) is 60.8 Å². The smallest absolute Gasteiger partial charge is 0.407 e. The van der Waals surface area contributed by atoms with Crippen molar-refractivity contribution >= 4 is 6.09 Å². The molecule has 7 heteroatoms. The van der Waals surface area contributed by atoms with Gasteiger partial charge in [0, 0.05) is 5.56 Å². The number of alkyl carbamates (subject to hydrolysis) is 1. The molecule has 3 rings (SSSR count). The molecule has 3 aromatic rings. The van der Waals surface area contributed by atoms with Gasteiger partial charge in [-0.05, 0) is 57.0 Å². The molecule has 1 N–H and O–H groups in total. The number of aromatic nitrogens is 3. The summed E-state index contributed by atoms with van der Waals surface area (Å²) in [5, 5.41) is 11.5. The summed E-state index contributed by atoms with van der Waals surface area (Å²) in [7, 11) is 1.63. The molecule has 0 spiro atoms. The molecule has 30 heavy (non-hydrogen) atoms. The number of carbonyl (C=O) groups is 1. The summed E-state index contributed by atoms with van der Waals surface area (Å²) in [6.45, 7) is 6.00. The first-order valence-electron chi connectivity index (χ1n) is 9.90. The van der Waals surface area contributed by atoms with Crippen molar-refractivity contribution in [2.45, 2.75) is 45.4 Å². The zero-order valence-electron chi connectivity index (χ0n) is 17.8. The number of amides is 1. The quantitative estimate of drug-likeness (QED) is 0.637. The second-order valence-electron chi connectivity index (χ2n) is 8.09. The molecule has 1 amide bonds. The third-order valence-corrected chi connectivity index (χ3v) is 4.38. The molecule has 0 unspecified atom stereocenters. The molecular weight excluding hydrogens is 380 g/mol. The molecule has 1 aromatic heterocycles. The van der Waals surface area contributed by atoms with Crippen molar-refractivity contribution in [3.63, 3.8) is 0 Å². The number of hydrogen-bond acceptors (Lipinski definition) is 5. The number of nitrogens with one attached hydrogen (secondary N) is 1. The average Bonchev–Trinajstić information content (AvgIpc) is 3.15. The molecule has 7 nitrogen and oxygen atoms in total. The van der Waals surface area contributed by atoms with Gasteiger partial charge in [-0.2, -0.15) is 0 Å². The minimum atomic E-state index is -0.559. The van der Waals surface area contributed by atoms with Crippen LogP contribution in [0, 0.1) is 0 Å². The largest absolute Gasteiger partial charge is 0.497 e. The Bertz CT molecular complexity index is 947. The molecule has 1 atom stereocenters. The first-order valence-corrected chi connectivity index (χ1v) is 9.90. The zero-order chi connectivity index (χ0) is 21.6. The highest BCUT2D eigenvalue weighted by molar-refractivity contribution is 5.68. The number of benzene rings is 2. The average molecular weight is 409 g/mol. The minimum absolute atomic E-state index is 0.201. The lowest BCUT2D eigenvalue weighted by atomic mass is 10.1. The van der Waals surface area contributed by atoms with E-state index in [1.165, 1.54) is 0 Å². The molecule has 0 fully saturated rings. The Morgan fingerprint density at radius 1 is 1.10 bits per heavy atom. The van der Waals surface area contributed by atoms with Gasteiger partial charge in [0.2, 0.25) is 0 Å². The van der Waals surface area contributed by atoms with Crippen molar-refractivity contribution in [3.05, 3.63) is 66.4 Å². The van der Waals surface area contributed by atoms with Gasteiger partial charge in [-0.1, -0.05) is 35.5 Å². The second kappa shape index (κ2) is 9.43. The highest BCUT2D eigenvalue weighted by atomic mass is 16.6. The predicted molar refractivity (Wildman–Crippen MR) is 115 cm³/mol. The van der Waals surface area contributed by atoms with Crippen LogP contribution in [-0.2, 0) is 17.7 Å². The molecule has 0 aliphatic rings. The number of carbonyl (C=O) groups excluding carboxylic acids is 1. The normalized spacial score (nSPS) is 12.3. The van der Waals surface area contributed by atoms with Gasteiger partial charge in [-0.25, -0.2) is 9.48 Å². The highest BCUT2D eigenvalue weighted by Gasteiger charge is 2.21. The van der Waals surface area contributed by atoms with E-state index in [0.717, 1.165) is 22.6 Å². The lowest BCUT2D eigenvalue weighted by Crippen LogP contribution is -2.42. The fourth-order valence-electron chi connectivity index (χ4n) is 3.04. The topological polar surface area (TPSA) is 78.3 Å². The molecule has 0 aliphatic heterocycles. The van der Waals surface area contributed by atoms with E-state index in [0.29, 0.717) is 13.0 Å². The highest BCUT2D eigenvalue weighted by Crippen LogP contribution is 2.20. The van der Waals surface area contributed by atoms with Crippen LogP contribution < -0.4 is 10.1 Å². The van der Waals surface area contributed by atoms with Crippen molar-refractivity contribution in [1.29, 1.82) is 0 Å². The van der Waals surface area contributed by atoms with Crippen molar-refractivity contribution < 1.29 is 14.3 Å². The number of methoxy groups -OCH3 is 1. The van der Waals surface area contributed by atoms with Crippen LogP contribution in [0.1, 0.15) is 26.3 Å². The summed E-state index contributed by atoms with van der Waals surface area (Å²) in [5.41, 5.74) is 2.26. The SMILES string of the molecule is COc1ccc(-c2cn(C[C@H](Cc3ccccc3)NC(=O)OC(C)(C)C)nn2)cc1. The van der Waals surface area contributed by atoms with Crippen LogP contribution in [0.3, 0.4) is 0 Å². The van der Waals surface area contributed by atoms with E-state index in [1.807, 2.05) is 81.6 Å². The van der Waals surface area contributed by atoms with Crippen molar-refractivity contribution in [1.82, 2.24) is 20.3 Å². The van der Waals surface area contributed by atoms with E-state index in [9.17, 15) is 4.79 Å². The number of ether oxygens (including phenoxy) is 2. The molecule has 1 heterocycles. The minimum Gasteiger partial charge on any atom is -0.497 e. The maximum absolute atomic E-state index is 12.3. The molecule has 0 radical (unpaired) electrons. The van der Waals surface area contributed by atoms with E-state index in [2.05, 4.69) is 15.6 Å². The Hall–Kier alpha value is -3.35. The number of rotatable bonds is 7. The second-order valence-corrected chi connectivity index (χ2v) is 8.09. The van der Waals surface area contributed by atoms with Gasteiger partial charge in [0.25, 0.3) is 0 Å². The molecule has 0 saturated heterocycles. The number of hydrogen-bond donors (Lipinski definition) is 1. The fraction of sp³-hybridized carbons (Fsp3) is 0.348. The van der Waals surface area contributed by atoms with Crippen molar-refractivity contribution in [2.75, 3.05) is 7.11 Å². The molecule has 0 bridgehead atoms. The van der Waals surface area contributed by atoms with Gasteiger partial charge in [-0.3, -0.25) is 0 Å². The molecular formula is C23H28N4O3. The van der Waals surface area contributed by atoms with E-state index < -0.39 is 11.7 Å². The van der Waals surface area contributed by atoms with Gasteiger partial charge >= 0.3 is 6.09 Å². The summed E-state index contributed by atoms with van der Waals surface area (Å²) in [6.07, 6.45) is 2.08. The van der Waals surface area contributed by atoms with E-state index in [-0.39, 0.29) is 6.04 Å². The van der Waals surface area contributed by atoms with Crippen LogP contribution in [-0.4, -0.2) is 39.8 Å². The molecule has 0 aliphatic carbocycles. The van der Waals surface area contributed by atoms with Crippen LogP contribution in [0.25, 0.3) is 11.3 Å². The molecule has 158 valence electrons. The van der Waals surface area contributed by atoms with Gasteiger partial charge in [-0.15, -0.1) is 5.10 Å². The third kappa shape index (κ3) is 6.34. The Balaban J connectivity index is 1.73. The predicted octanol–water partition coefficient (Wildman–Crippen LogP) is 4.09.